The number of hydrogen-bond acceptors (Lipinski definition) is 6. The lowest BCUT2D eigenvalue weighted by Gasteiger charge is -2.33. The second-order valence-electron chi connectivity index (χ2n) is 5.99. The van der Waals surface area contributed by atoms with E-state index >= 15 is 0 Å². The maximum absolute atomic E-state index is 12.4. The van der Waals surface area contributed by atoms with Gasteiger partial charge < -0.3 is 9.47 Å². The molecule has 4 atom stereocenters. The average Bonchev–Trinajstić information content (AvgIpc) is 2.83. The van der Waals surface area contributed by atoms with E-state index in [4.69, 9.17) is 9.47 Å². The fraction of sp³-hybridized carbons (Fsp3) is 0.857. The van der Waals surface area contributed by atoms with E-state index in [1.807, 2.05) is 6.92 Å². The Hall–Kier alpha value is -1.15. The van der Waals surface area contributed by atoms with Crippen LogP contribution in [0.15, 0.2) is 0 Å². The van der Waals surface area contributed by atoms with E-state index in [0.29, 0.717) is 19.3 Å². The molecule has 1 saturated heterocycles. The summed E-state index contributed by atoms with van der Waals surface area (Å²) in [6, 6.07) is 0. The molecule has 8 heteroatoms. The lowest BCUT2D eigenvalue weighted by atomic mass is 9.76. The maximum Gasteiger partial charge on any atom is 0.347 e. The Kier molecular flexibility index (Phi) is 5.44. The predicted octanol–water partition coefficient (Wildman–Crippen LogP) is 1.32. The second kappa shape index (κ2) is 6.95. The standard InChI is InChI=1S/C14H22O7S/c1-2-3-9-4-5-10(22(17,18)19)8-11(9)13(15)21-12-6-7-20-14(12)16/h9-12H,2-8H2,1H3,(H,17,18,19). The van der Waals surface area contributed by atoms with E-state index in [9.17, 15) is 22.6 Å². The van der Waals surface area contributed by atoms with Gasteiger partial charge in [-0.15, -0.1) is 0 Å². The molecule has 0 spiro atoms. The molecule has 1 saturated carbocycles. The van der Waals surface area contributed by atoms with Crippen LogP contribution in [0.2, 0.25) is 0 Å². The summed E-state index contributed by atoms with van der Waals surface area (Å²) in [5.41, 5.74) is 0. The fourth-order valence-corrected chi connectivity index (χ4v) is 4.17. The van der Waals surface area contributed by atoms with Crippen molar-refractivity contribution in [1.29, 1.82) is 0 Å². The minimum Gasteiger partial charge on any atom is -0.463 e. The SMILES string of the molecule is CCCC1CCC(S(=O)(=O)O)CC1C(=O)OC1CCOC1=O. The van der Waals surface area contributed by atoms with Crippen LogP contribution in [0.5, 0.6) is 0 Å². The van der Waals surface area contributed by atoms with Crippen molar-refractivity contribution < 1.29 is 32.0 Å². The molecule has 22 heavy (non-hydrogen) atoms. The Labute approximate surface area is 130 Å². The van der Waals surface area contributed by atoms with Crippen molar-refractivity contribution in [2.24, 2.45) is 11.8 Å². The van der Waals surface area contributed by atoms with E-state index in [0.717, 1.165) is 12.8 Å². The molecule has 1 aliphatic carbocycles. The van der Waals surface area contributed by atoms with Crippen LogP contribution in [0.4, 0.5) is 0 Å². The highest BCUT2D eigenvalue weighted by Crippen LogP contribution is 2.37. The molecule has 1 N–H and O–H groups in total. The van der Waals surface area contributed by atoms with E-state index in [1.165, 1.54) is 0 Å². The van der Waals surface area contributed by atoms with Crippen molar-refractivity contribution in [2.45, 2.75) is 56.8 Å². The van der Waals surface area contributed by atoms with Crippen molar-refractivity contribution >= 4 is 22.1 Å². The van der Waals surface area contributed by atoms with Crippen molar-refractivity contribution in [2.75, 3.05) is 6.61 Å². The van der Waals surface area contributed by atoms with E-state index in [1.54, 1.807) is 0 Å². The molecule has 0 aromatic heterocycles. The Morgan fingerprint density at radius 1 is 1.36 bits per heavy atom. The zero-order valence-electron chi connectivity index (χ0n) is 12.6. The molecule has 1 heterocycles. The van der Waals surface area contributed by atoms with Crippen LogP contribution >= 0.6 is 0 Å². The first-order valence-electron chi connectivity index (χ1n) is 7.66. The third kappa shape index (κ3) is 3.98. The number of esters is 2. The summed E-state index contributed by atoms with van der Waals surface area (Å²) >= 11 is 0. The Morgan fingerprint density at radius 3 is 2.64 bits per heavy atom. The topological polar surface area (TPSA) is 107 Å². The minimum absolute atomic E-state index is 0.0212. The lowest BCUT2D eigenvalue weighted by Crippen LogP contribution is -2.39. The molecule has 4 unspecified atom stereocenters. The molecular formula is C14H22O7S. The Balaban J connectivity index is 2.07. The predicted molar refractivity (Wildman–Crippen MR) is 76.5 cm³/mol. The molecule has 0 bridgehead atoms. The van der Waals surface area contributed by atoms with Gasteiger partial charge >= 0.3 is 11.9 Å². The van der Waals surface area contributed by atoms with Crippen molar-refractivity contribution in [3.05, 3.63) is 0 Å². The molecule has 2 fully saturated rings. The highest BCUT2D eigenvalue weighted by Gasteiger charge is 2.42. The van der Waals surface area contributed by atoms with Crippen LogP contribution in [0.3, 0.4) is 0 Å². The van der Waals surface area contributed by atoms with Gasteiger partial charge in [0.2, 0.25) is 6.10 Å². The minimum atomic E-state index is -4.17. The first kappa shape index (κ1) is 17.2. The molecule has 126 valence electrons. The molecule has 0 aromatic rings. The van der Waals surface area contributed by atoms with Crippen LogP contribution in [-0.2, 0) is 29.2 Å². The van der Waals surface area contributed by atoms with Gasteiger partial charge in [0.05, 0.1) is 17.8 Å². The smallest absolute Gasteiger partial charge is 0.347 e. The molecular weight excluding hydrogens is 312 g/mol. The van der Waals surface area contributed by atoms with Gasteiger partial charge in [-0.25, -0.2) is 4.79 Å². The molecule has 1 aliphatic heterocycles. The average molecular weight is 334 g/mol. The van der Waals surface area contributed by atoms with Crippen LogP contribution in [0.25, 0.3) is 0 Å². The molecule has 0 aromatic carbocycles. The fourth-order valence-electron chi connectivity index (χ4n) is 3.28. The highest BCUT2D eigenvalue weighted by molar-refractivity contribution is 7.86. The normalized spacial score (nSPS) is 32.5. The molecule has 7 nitrogen and oxygen atoms in total. The zero-order chi connectivity index (χ0) is 16.3. The molecule has 0 radical (unpaired) electrons. The Morgan fingerprint density at radius 2 is 2.09 bits per heavy atom. The lowest BCUT2D eigenvalue weighted by molar-refractivity contribution is -0.165. The number of rotatable bonds is 5. The highest BCUT2D eigenvalue weighted by atomic mass is 32.2. The first-order chi connectivity index (χ1) is 10.3. The summed E-state index contributed by atoms with van der Waals surface area (Å²) in [6.07, 6.45) is 2.04. The van der Waals surface area contributed by atoms with Gasteiger partial charge in [0.1, 0.15) is 0 Å². The number of hydrogen-bond donors (Lipinski definition) is 1. The van der Waals surface area contributed by atoms with Crippen LogP contribution in [0, 0.1) is 11.8 Å². The van der Waals surface area contributed by atoms with Crippen molar-refractivity contribution in [1.82, 2.24) is 0 Å². The Bertz CT molecular complexity index is 527. The number of carbonyl (C=O) groups excluding carboxylic acids is 2. The van der Waals surface area contributed by atoms with E-state index < -0.39 is 39.3 Å². The third-order valence-electron chi connectivity index (χ3n) is 4.47. The summed E-state index contributed by atoms with van der Waals surface area (Å²) in [6.45, 7) is 2.22. The van der Waals surface area contributed by atoms with Gasteiger partial charge in [0, 0.05) is 6.42 Å². The van der Waals surface area contributed by atoms with E-state index in [2.05, 4.69) is 0 Å². The van der Waals surface area contributed by atoms with Gasteiger partial charge in [-0.1, -0.05) is 13.3 Å². The quantitative estimate of drug-likeness (QED) is 0.597. The van der Waals surface area contributed by atoms with Gasteiger partial charge in [-0.3, -0.25) is 9.35 Å². The van der Waals surface area contributed by atoms with E-state index in [-0.39, 0.29) is 18.9 Å². The molecule has 2 aliphatic rings. The monoisotopic (exact) mass is 334 g/mol. The van der Waals surface area contributed by atoms with Crippen LogP contribution in [-0.4, -0.2) is 42.9 Å². The molecule has 2 rings (SSSR count). The first-order valence-corrected chi connectivity index (χ1v) is 9.16. The number of carbonyl (C=O) groups is 2. The maximum atomic E-state index is 12.4. The second-order valence-corrected chi connectivity index (χ2v) is 7.68. The number of cyclic esters (lactones) is 1. The van der Waals surface area contributed by atoms with Crippen LogP contribution < -0.4 is 0 Å². The van der Waals surface area contributed by atoms with Gasteiger partial charge in [0.25, 0.3) is 10.1 Å². The summed E-state index contributed by atoms with van der Waals surface area (Å²) in [5.74, 6) is -1.69. The third-order valence-corrected chi connectivity index (χ3v) is 5.75. The largest absolute Gasteiger partial charge is 0.463 e. The zero-order valence-corrected chi connectivity index (χ0v) is 13.4. The van der Waals surface area contributed by atoms with Crippen molar-refractivity contribution in [3.63, 3.8) is 0 Å². The number of ether oxygens (including phenoxy) is 2. The van der Waals surface area contributed by atoms with Crippen molar-refractivity contribution in [3.8, 4) is 0 Å². The summed E-state index contributed by atoms with van der Waals surface area (Å²) in [5, 5.41) is -0.936. The summed E-state index contributed by atoms with van der Waals surface area (Å²) < 4.78 is 41.9. The summed E-state index contributed by atoms with van der Waals surface area (Å²) in [7, 11) is -4.17. The van der Waals surface area contributed by atoms with Crippen LogP contribution in [0.1, 0.15) is 45.4 Å². The van der Waals surface area contributed by atoms with Gasteiger partial charge in [-0.05, 0) is 31.6 Å². The van der Waals surface area contributed by atoms with Gasteiger partial charge in [-0.2, -0.15) is 8.42 Å². The summed E-state index contributed by atoms with van der Waals surface area (Å²) in [4.78, 5) is 23.7. The van der Waals surface area contributed by atoms with Gasteiger partial charge in [0.15, 0.2) is 0 Å². The molecule has 0 amide bonds.